The summed E-state index contributed by atoms with van der Waals surface area (Å²) >= 11 is 0. The van der Waals surface area contributed by atoms with Crippen LogP contribution in [0.1, 0.15) is 0 Å². The van der Waals surface area contributed by atoms with Crippen LogP contribution in [0, 0.1) is 0 Å². The summed E-state index contributed by atoms with van der Waals surface area (Å²) in [6.07, 6.45) is 0. The lowest BCUT2D eigenvalue weighted by molar-refractivity contribution is 0.490. The van der Waals surface area contributed by atoms with Gasteiger partial charge in [0.25, 0.3) is 0 Å². The van der Waals surface area contributed by atoms with Gasteiger partial charge in [-0.3, -0.25) is 9.27 Å². The monoisotopic (exact) mass is 214 g/mol. The lowest BCUT2D eigenvalue weighted by Crippen LogP contribution is -2.09. The van der Waals surface area contributed by atoms with Crippen LogP contribution in [0.2, 0.25) is 0 Å². The maximum atomic E-state index is 10.5. The second-order valence-corrected chi connectivity index (χ2v) is 3.76. The summed E-state index contributed by atoms with van der Waals surface area (Å²) in [6, 6.07) is 4.50. The molecule has 8 heteroatoms. The van der Waals surface area contributed by atoms with Crippen molar-refractivity contribution in [1.82, 2.24) is 15.4 Å². The highest BCUT2D eigenvalue weighted by molar-refractivity contribution is 7.87. The largest absolute Gasteiger partial charge is 0.357 e. The van der Waals surface area contributed by atoms with Crippen molar-refractivity contribution in [2.45, 2.75) is 0 Å². The van der Waals surface area contributed by atoms with Crippen LogP contribution >= 0.6 is 0 Å². The number of aromatic nitrogens is 3. The quantitative estimate of drug-likeness (QED) is 0.617. The molecule has 0 fully saturated rings. The van der Waals surface area contributed by atoms with Crippen molar-refractivity contribution in [3.63, 3.8) is 0 Å². The van der Waals surface area contributed by atoms with Gasteiger partial charge in [0.15, 0.2) is 0 Å². The van der Waals surface area contributed by atoms with E-state index in [9.17, 15) is 8.42 Å². The fourth-order valence-electron chi connectivity index (χ4n) is 1.05. The lowest BCUT2D eigenvalue weighted by Gasteiger charge is -2.00. The molecule has 0 saturated carbocycles. The number of H-pyrrole nitrogens is 1. The van der Waals surface area contributed by atoms with Gasteiger partial charge in [0.05, 0.1) is 5.69 Å². The van der Waals surface area contributed by atoms with Crippen LogP contribution < -0.4 is 4.72 Å². The third kappa shape index (κ3) is 1.80. The van der Waals surface area contributed by atoms with Crippen LogP contribution in [-0.2, 0) is 10.3 Å². The fourth-order valence-corrected chi connectivity index (χ4v) is 1.48. The number of anilines is 1. The highest BCUT2D eigenvalue weighted by Crippen LogP contribution is 2.15. The molecule has 1 heterocycles. The van der Waals surface area contributed by atoms with E-state index in [-0.39, 0.29) is 5.69 Å². The van der Waals surface area contributed by atoms with Crippen molar-refractivity contribution >= 4 is 27.0 Å². The first-order chi connectivity index (χ1) is 6.54. The van der Waals surface area contributed by atoms with Gasteiger partial charge in [-0.15, -0.1) is 0 Å². The molecule has 0 bridgehead atoms. The molecule has 7 nitrogen and oxygen atoms in total. The van der Waals surface area contributed by atoms with Gasteiger partial charge in [0.2, 0.25) is 0 Å². The Kier molecular flexibility index (Phi) is 1.86. The maximum absolute atomic E-state index is 10.5. The molecule has 0 aliphatic carbocycles. The summed E-state index contributed by atoms with van der Waals surface area (Å²) in [4.78, 5) is 0. The Morgan fingerprint density at radius 1 is 1.29 bits per heavy atom. The number of benzene rings is 1. The average molecular weight is 214 g/mol. The molecule has 0 aliphatic rings. The smallest absolute Gasteiger partial charge is 0.269 e. The molecule has 0 aliphatic heterocycles. The summed E-state index contributed by atoms with van der Waals surface area (Å²) in [6.45, 7) is 0. The minimum absolute atomic E-state index is 0.230. The maximum Gasteiger partial charge on any atom is 0.357 e. The van der Waals surface area contributed by atoms with Gasteiger partial charge in [-0.25, -0.2) is 0 Å². The number of nitrogens with zero attached hydrogens (tertiary/aromatic N) is 2. The van der Waals surface area contributed by atoms with Crippen LogP contribution in [-0.4, -0.2) is 28.4 Å². The predicted molar refractivity (Wildman–Crippen MR) is 49.1 cm³/mol. The van der Waals surface area contributed by atoms with E-state index in [1.807, 2.05) is 4.72 Å². The molecular weight excluding hydrogens is 208 g/mol. The van der Waals surface area contributed by atoms with Crippen LogP contribution in [0.15, 0.2) is 18.2 Å². The molecule has 14 heavy (non-hydrogen) atoms. The van der Waals surface area contributed by atoms with Gasteiger partial charge in [-0.2, -0.15) is 23.8 Å². The summed E-state index contributed by atoms with van der Waals surface area (Å²) in [7, 11) is -4.24. The first-order valence-electron chi connectivity index (χ1n) is 3.60. The molecular formula is C6H6N4O3S. The minimum Gasteiger partial charge on any atom is -0.269 e. The topological polar surface area (TPSA) is 108 Å². The highest BCUT2D eigenvalue weighted by Gasteiger charge is 2.05. The van der Waals surface area contributed by atoms with Crippen LogP contribution in [0.4, 0.5) is 5.69 Å². The number of nitrogens with one attached hydrogen (secondary N) is 2. The molecule has 2 rings (SSSR count). The van der Waals surface area contributed by atoms with Gasteiger partial charge in [0, 0.05) is 0 Å². The summed E-state index contributed by atoms with van der Waals surface area (Å²) in [5.74, 6) is 0. The van der Waals surface area contributed by atoms with E-state index in [2.05, 4.69) is 15.4 Å². The van der Waals surface area contributed by atoms with Crippen molar-refractivity contribution in [2.24, 2.45) is 0 Å². The highest BCUT2D eigenvalue weighted by atomic mass is 32.2. The van der Waals surface area contributed by atoms with Gasteiger partial charge in [0.1, 0.15) is 11.0 Å². The molecule has 3 N–H and O–H groups in total. The number of hydrogen-bond acceptors (Lipinski definition) is 4. The Bertz CT molecular complexity index is 561. The summed E-state index contributed by atoms with van der Waals surface area (Å²) in [5, 5.41) is 9.93. The van der Waals surface area contributed by atoms with Crippen molar-refractivity contribution in [1.29, 1.82) is 0 Å². The zero-order chi connectivity index (χ0) is 10.2. The van der Waals surface area contributed by atoms with Crippen molar-refractivity contribution < 1.29 is 13.0 Å². The SMILES string of the molecule is O=S(=O)(O)Nc1ccc2n[nH]nc2c1. The van der Waals surface area contributed by atoms with Crippen molar-refractivity contribution in [2.75, 3.05) is 4.72 Å². The zero-order valence-electron chi connectivity index (χ0n) is 6.80. The number of rotatable bonds is 2. The molecule has 0 radical (unpaired) electrons. The van der Waals surface area contributed by atoms with Crippen molar-refractivity contribution in [3.8, 4) is 0 Å². The fraction of sp³-hybridized carbons (Fsp3) is 0. The Morgan fingerprint density at radius 3 is 2.71 bits per heavy atom. The lowest BCUT2D eigenvalue weighted by atomic mass is 10.3. The molecule has 0 unspecified atom stereocenters. The van der Waals surface area contributed by atoms with E-state index in [0.717, 1.165) is 0 Å². The van der Waals surface area contributed by atoms with Crippen molar-refractivity contribution in [3.05, 3.63) is 18.2 Å². The van der Waals surface area contributed by atoms with Gasteiger partial charge >= 0.3 is 10.3 Å². The second kappa shape index (κ2) is 2.93. The van der Waals surface area contributed by atoms with E-state index >= 15 is 0 Å². The van der Waals surface area contributed by atoms with E-state index in [1.54, 1.807) is 6.07 Å². The van der Waals surface area contributed by atoms with E-state index in [4.69, 9.17) is 4.55 Å². The molecule has 0 amide bonds. The first-order valence-corrected chi connectivity index (χ1v) is 5.04. The third-order valence-corrected chi connectivity index (χ3v) is 2.06. The normalized spacial score (nSPS) is 11.8. The second-order valence-electron chi connectivity index (χ2n) is 2.60. The number of hydrogen-bond donors (Lipinski definition) is 3. The Balaban J connectivity index is 2.44. The Morgan fingerprint density at radius 2 is 2.00 bits per heavy atom. The van der Waals surface area contributed by atoms with E-state index in [1.165, 1.54) is 12.1 Å². The number of aromatic amines is 1. The minimum atomic E-state index is -4.24. The van der Waals surface area contributed by atoms with E-state index < -0.39 is 10.3 Å². The molecule has 0 spiro atoms. The molecule has 0 atom stereocenters. The Labute approximate surface area is 79.0 Å². The van der Waals surface area contributed by atoms with Gasteiger partial charge in [-0.1, -0.05) is 0 Å². The Hall–Kier alpha value is -1.67. The number of fused-ring (bicyclic) bond motifs is 1. The van der Waals surface area contributed by atoms with Crippen LogP contribution in [0.3, 0.4) is 0 Å². The van der Waals surface area contributed by atoms with Gasteiger partial charge < -0.3 is 0 Å². The standard InChI is InChI=1S/C6H6N4O3S/c11-14(12,13)9-4-1-2-5-6(3-4)8-10-7-5/h1-3,9H,(H,7,8,10)(H,11,12,13). The third-order valence-electron chi connectivity index (χ3n) is 1.56. The van der Waals surface area contributed by atoms with Crippen LogP contribution in [0.5, 0.6) is 0 Å². The van der Waals surface area contributed by atoms with Crippen LogP contribution in [0.25, 0.3) is 11.0 Å². The van der Waals surface area contributed by atoms with E-state index in [0.29, 0.717) is 11.0 Å². The molecule has 0 saturated heterocycles. The predicted octanol–water partition coefficient (Wildman–Crippen LogP) is 0.173. The molecule has 2 aromatic rings. The average Bonchev–Trinajstić information content (AvgIpc) is 2.47. The summed E-state index contributed by atoms with van der Waals surface area (Å²) in [5.41, 5.74) is 1.36. The zero-order valence-corrected chi connectivity index (χ0v) is 7.61. The summed E-state index contributed by atoms with van der Waals surface area (Å²) < 4.78 is 31.4. The molecule has 74 valence electrons. The van der Waals surface area contributed by atoms with Gasteiger partial charge in [-0.05, 0) is 18.2 Å². The molecule has 1 aromatic heterocycles. The molecule has 1 aromatic carbocycles. The first kappa shape index (κ1) is 8.91.